The summed E-state index contributed by atoms with van der Waals surface area (Å²) in [5.41, 5.74) is 3.64. The lowest BCUT2D eigenvalue weighted by atomic mass is 10.1. The fourth-order valence-electron chi connectivity index (χ4n) is 3.28. The molecular weight excluding hydrogens is 308 g/mol. The number of carboxylic acids is 1. The molecule has 2 aliphatic rings. The van der Waals surface area contributed by atoms with E-state index in [4.69, 9.17) is 4.74 Å². The van der Waals surface area contributed by atoms with Crippen molar-refractivity contribution in [3.8, 4) is 11.4 Å². The minimum Gasteiger partial charge on any atom is -0.480 e. The Hall–Kier alpha value is -2.38. The highest BCUT2D eigenvalue weighted by atomic mass is 16.5. The Morgan fingerprint density at radius 1 is 1.25 bits per heavy atom. The van der Waals surface area contributed by atoms with E-state index in [-0.39, 0.29) is 0 Å². The van der Waals surface area contributed by atoms with Crippen LogP contribution >= 0.6 is 0 Å². The minimum atomic E-state index is -0.892. The van der Waals surface area contributed by atoms with E-state index in [1.54, 1.807) is 0 Å². The van der Waals surface area contributed by atoms with Gasteiger partial charge in [0.25, 0.3) is 0 Å². The summed E-state index contributed by atoms with van der Waals surface area (Å²) in [6, 6.07) is 7.48. The van der Waals surface area contributed by atoms with E-state index in [1.807, 2.05) is 12.1 Å². The summed E-state index contributed by atoms with van der Waals surface area (Å²) >= 11 is 0. The summed E-state index contributed by atoms with van der Waals surface area (Å²) in [4.78, 5) is 21.5. The number of aliphatic carboxylic acids is 1. The number of ether oxygens (including phenoxy) is 1. The highest BCUT2D eigenvalue weighted by Crippen LogP contribution is 2.27. The molecule has 0 aliphatic carbocycles. The minimum absolute atomic E-state index is 0.598. The van der Waals surface area contributed by atoms with Gasteiger partial charge in [-0.2, -0.15) is 0 Å². The molecule has 24 heavy (non-hydrogen) atoms. The average Bonchev–Trinajstić information content (AvgIpc) is 3.06. The molecule has 0 radical (unpaired) electrons. The first-order chi connectivity index (χ1) is 11.7. The van der Waals surface area contributed by atoms with E-state index in [9.17, 15) is 9.90 Å². The number of anilines is 1. The molecule has 1 unspecified atom stereocenters. The van der Waals surface area contributed by atoms with Crippen LogP contribution in [-0.4, -0.2) is 53.9 Å². The maximum absolute atomic E-state index is 11.4. The number of H-pyrrole nitrogens is 1. The quantitative estimate of drug-likeness (QED) is 0.784. The largest absolute Gasteiger partial charge is 0.480 e. The fourth-order valence-corrected chi connectivity index (χ4v) is 3.28. The molecule has 126 valence electrons. The summed E-state index contributed by atoms with van der Waals surface area (Å²) in [7, 11) is 0. The Labute approximate surface area is 139 Å². The van der Waals surface area contributed by atoms with Crippen molar-refractivity contribution in [3.63, 3.8) is 0 Å². The number of morpholine rings is 1. The van der Waals surface area contributed by atoms with Gasteiger partial charge in [-0.1, -0.05) is 0 Å². The van der Waals surface area contributed by atoms with Gasteiger partial charge in [-0.05, 0) is 24.3 Å². The van der Waals surface area contributed by atoms with Crippen molar-refractivity contribution in [1.82, 2.24) is 15.3 Å². The lowest BCUT2D eigenvalue weighted by Crippen LogP contribution is -2.36. The average molecular weight is 328 g/mol. The second-order valence-electron chi connectivity index (χ2n) is 6.07. The summed E-state index contributed by atoms with van der Waals surface area (Å²) in [6.45, 7) is 3.97. The van der Waals surface area contributed by atoms with Gasteiger partial charge < -0.3 is 19.7 Å². The van der Waals surface area contributed by atoms with Crippen LogP contribution in [0.25, 0.3) is 11.4 Å². The van der Waals surface area contributed by atoms with Gasteiger partial charge in [-0.25, -0.2) is 4.98 Å². The third kappa shape index (κ3) is 2.76. The van der Waals surface area contributed by atoms with Gasteiger partial charge in [0.1, 0.15) is 5.82 Å². The molecule has 7 nitrogen and oxygen atoms in total. The van der Waals surface area contributed by atoms with Crippen LogP contribution in [0.4, 0.5) is 5.69 Å². The van der Waals surface area contributed by atoms with Crippen LogP contribution in [0, 0.1) is 0 Å². The molecule has 4 rings (SSSR count). The van der Waals surface area contributed by atoms with E-state index in [2.05, 4.69) is 32.3 Å². The van der Waals surface area contributed by atoms with Crippen LogP contribution in [-0.2, 0) is 16.0 Å². The molecule has 1 saturated heterocycles. The second kappa shape index (κ2) is 6.26. The van der Waals surface area contributed by atoms with Crippen LogP contribution in [0.5, 0.6) is 0 Å². The lowest BCUT2D eigenvalue weighted by molar-refractivity contribution is -0.139. The number of imidazole rings is 1. The standard InChI is InChI=1S/C17H20N4O3/c22-17(23)15-14-13(5-6-18-15)19-16(20-14)11-1-3-12(4-2-11)21-7-9-24-10-8-21/h1-4,15,18H,5-10H2,(H,19,20)(H,22,23). The first kappa shape index (κ1) is 15.2. The summed E-state index contributed by atoms with van der Waals surface area (Å²) in [5.74, 6) is -0.167. The van der Waals surface area contributed by atoms with E-state index in [1.165, 1.54) is 5.69 Å². The smallest absolute Gasteiger partial charge is 0.327 e. The van der Waals surface area contributed by atoms with Crippen molar-refractivity contribution >= 4 is 11.7 Å². The van der Waals surface area contributed by atoms with E-state index in [0.29, 0.717) is 12.2 Å². The number of rotatable bonds is 3. The number of carboxylic acid groups (broad SMARTS) is 1. The predicted molar refractivity (Wildman–Crippen MR) is 89.1 cm³/mol. The van der Waals surface area contributed by atoms with Crippen LogP contribution in [0.1, 0.15) is 17.4 Å². The number of nitrogens with one attached hydrogen (secondary N) is 2. The van der Waals surface area contributed by atoms with E-state index >= 15 is 0 Å². The number of aromatic nitrogens is 2. The van der Waals surface area contributed by atoms with Crippen LogP contribution < -0.4 is 10.2 Å². The molecule has 0 amide bonds. The van der Waals surface area contributed by atoms with Gasteiger partial charge in [0, 0.05) is 43.0 Å². The van der Waals surface area contributed by atoms with Crippen molar-refractivity contribution in [2.45, 2.75) is 12.5 Å². The summed E-state index contributed by atoms with van der Waals surface area (Å²) in [6.07, 6.45) is 0.762. The van der Waals surface area contributed by atoms with Crippen molar-refractivity contribution in [3.05, 3.63) is 35.7 Å². The highest BCUT2D eigenvalue weighted by Gasteiger charge is 2.29. The first-order valence-corrected chi connectivity index (χ1v) is 8.20. The summed E-state index contributed by atoms with van der Waals surface area (Å²) < 4.78 is 5.38. The Kier molecular flexibility index (Phi) is 3.95. The van der Waals surface area contributed by atoms with Crippen LogP contribution in [0.2, 0.25) is 0 Å². The molecule has 1 aromatic heterocycles. The van der Waals surface area contributed by atoms with Gasteiger partial charge in [-0.3, -0.25) is 10.1 Å². The number of hydrogen-bond donors (Lipinski definition) is 3. The molecule has 1 aromatic carbocycles. The molecule has 1 atom stereocenters. The van der Waals surface area contributed by atoms with Gasteiger partial charge in [0.05, 0.1) is 18.9 Å². The van der Waals surface area contributed by atoms with Gasteiger partial charge in [0.2, 0.25) is 0 Å². The van der Waals surface area contributed by atoms with Crippen molar-refractivity contribution < 1.29 is 14.6 Å². The van der Waals surface area contributed by atoms with E-state index in [0.717, 1.165) is 49.8 Å². The Bertz CT molecular complexity index is 735. The number of nitrogens with zero attached hydrogens (tertiary/aromatic N) is 2. The Balaban J connectivity index is 1.59. The highest BCUT2D eigenvalue weighted by molar-refractivity contribution is 5.76. The number of fused-ring (bicyclic) bond motifs is 1. The molecule has 3 heterocycles. The van der Waals surface area contributed by atoms with Gasteiger partial charge >= 0.3 is 5.97 Å². The molecule has 3 N–H and O–H groups in total. The molecule has 2 aliphatic heterocycles. The molecule has 1 fully saturated rings. The van der Waals surface area contributed by atoms with Gasteiger partial charge in [0.15, 0.2) is 6.04 Å². The van der Waals surface area contributed by atoms with Crippen molar-refractivity contribution in [2.75, 3.05) is 37.7 Å². The first-order valence-electron chi connectivity index (χ1n) is 8.20. The van der Waals surface area contributed by atoms with Crippen molar-refractivity contribution in [1.29, 1.82) is 0 Å². The maximum atomic E-state index is 11.4. The molecular formula is C17H20N4O3. The lowest BCUT2D eigenvalue weighted by Gasteiger charge is -2.28. The molecule has 0 spiro atoms. The zero-order valence-electron chi connectivity index (χ0n) is 13.3. The molecule has 0 bridgehead atoms. The molecule has 2 aromatic rings. The monoisotopic (exact) mass is 328 g/mol. The molecule has 7 heteroatoms. The SMILES string of the molecule is O=C(O)C1NCCc2[nH]c(-c3ccc(N4CCOCC4)cc3)nc21. The van der Waals surface area contributed by atoms with Crippen LogP contribution in [0.15, 0.2) is 24.3 Å². The number of aromatic amines is 1. The van der Waals surface area contributed by atoms with Gasteiger partial charge in [-0.15, -0.1) is 0 Å². The van der Waals surface area contributed by atoms with Crippen molar-refractivity contribution in [2.24, 2.45) is 0 Å². The zero-order valence-corrected chi connectivity index (χ0v) is 13.3. The third-order valence-corrected chi connectivity index (χ3v) is 4.57. The van der Waals surface area contributed by atoms with Crippen LogP contribution in [0.3, 0.4) is 0 Å². The molecule has 0 saturated carbocycles. The summed E-state index contributed by atoms with van der Waals surface area (Å²) in [5, 5.41) is 12.3. The Morgan fingerprint density at radius 2 is 2.00 bits per heavy atom. The Morgan fingerprint density at radius 3 is 2.71 bits per heavy atom. The zero-order chi connectivity index (χ0) is 16.5. The third-order valence-electron chi connectivity index (χ3n) is 4.57. The van der Waals surface area contributed by atoms with E-state index < -0.39 is 12.0 Å². The number of hydrogen-bond acceptors (Lipinski definition) is 5. The predicted octanol–water partition coefficient (Wildman–Crippen LogP) is 1.18. The maximum Gasteiger partial charge on any atom is 0.327 e. The second-order valence-corrected chi connectivity index (χ2v) is 6.07. The number of benzene rings is 1. The normalized spacial score (nSPS) is 20.7. The number of carbonyl (C=O) groups is 1. The topological polar surface area (TPSA) is 90.5 Å². The fraction of sp³-hybridized carbons (Fsp3) is 0.412.